The molecule has 0 saturated heterocycles. The van der Waals surface area contributed by atoms with Gasteiger partial charge in [0.05, 0.1) is 0 Å². The van der Waals surface area contributed by atoms with Gasteiger partial charge in [-0.25, -0.2) is 0 Å². The van der Waals surface area contributed by atoms with Gasteiger partial charge in [0.2, 0.25) is 0 Å². The van der Waals surface area contributed by atoms with Crippen LogP contribution in [-0.4, -0.2) is 0 Å². The molecule has 11 aromatic carbocycles. The van der Waals surface area contributed by atoms with E-state index < -0.39 is 0 Å². The largest absolute Gasteiger partial charge is 0.0616 e. The Morgan fingerprint density at radius 1 is 0.167 bits per heavy atom. The Kier molecular flexibility index (Phi) is 6.97. The Balaban J connectivity index is 0.925. The third-order valence-corrected chi connectivity index (χ3v) is 11.4. The maximum Gasteiger partial charge on any atom is -0.00988 e. The molecule has 0 fully saturated rings. The molecule has 250 valence electrons. The van der Waals surface area contributed by atoms with Gasteiger partial charge < -0.3 is 0 Å². The molecule has 0 aromatic heterocycles. The fourth-order valence-corrected chi connectivity index (χ4v) is 8.65. The number of rotatable bonds is 4. The first kappa shape index (κ1) is 30.6. The zero-order chi connectivity index (χ0) is 35.6. The minimum Gasteiger partial charge on any atom is -0.0616 e. The molecule has 0 nitrogen and oxygen atoms in total. The van der Waals surface area contributed by atoms with Crippen molar-refractivity contribution >= 4 is 64.6 Å². The SMILES string of the molecule is c1cc(-c2ccc3cc(-c4cc5ccccc5c5ccccc45)ccc3c2)cc(-c2ccc3cc(-c4cc5ccccc5c5ccccc45)ccc3c2)c1. The van der Waals surface area contributed by atoms with Gasteiger partial charge >= 0.3 is 0 Å². The van der Waals surface area contributed by atoms with Gasteiger partial charge in [0.1, 0.15) is 0 Å². The van der Waals surface area contributed by atoms with Crippen LogP contribution in [-0.2, 0) is 0 Å². The van der Waals surface area contributed by atoms with Crippen molar-refractivity contribution in [3.63, 3.8) is 0 Å². The Morgan fingerprint density at radius 2 is 0.500 bits per heavy atom. The third kappa shape index (κ3) is 5.07. The second-order valence-electron chi connectivity index (χ2n) is 14.5. The van der Waals surface area contributed by atoms with Crippen LogP contribution in [0.3, 0.4) is 0 Å². The molecule has 11 aromatic rings. The minimum atomic E-state index is 1.22. The average Bonchev–Trinajstić information content (AvgIpc) is 3.25. The molecular formula is C54H34. The van der Waals surface area contributed by atoms with Crippen LogP contribution in [0.25, 0.3) is 109 Å². The number of hydrogen-bond donors (Lipinski definition) is 0. The van der Waals surface area contributed by atoms with Crippen molar-refractivity contribution in [1.29, 1.82) is 0 Å². The fourth-order valence-electron chi connectivity index (χ4n) is 8.65. The van der Waals surface area contributed by atoms with Gasteiger partial charge in [0.15, 0.2) is 0 Å². The highest BCUT2D eigenvalue weighted by Gasteiger charge is 2.12. The minimum absolute atomic E-state index is 1.22. The van der Waals surface area contributed by atoms with E-state index >= 15 is 0 Å². The summed E-state index contributed by atoms with van der Waals surface area (Å²) < 4.78 is 0. The molecule has 0 aliphatic carbocycles. The van der Waals surface area contributed by atoms with Crippen molar-refractivity contribution in [2.24, 2.45) is 0 Å². The summed E-state index contributed by atoms with van der Waals surface area (Å²) in [6.07, 6.45) is 0. The quantitative estimate of drug-likeness (QED) is 0.162. The first-order valence-electron chi connectivity index (χ1n) is 18.7. The Bertz CT molecular complexity index is 3060. The topological polar surface area (TPSA) is 0 Å². The standard InChI is InChI=1S/C54H34/c1-3-14-47-43(10-1)33-53(51-18-7-5-16-49(47)51)45-26-24-39-29-37(20-22-41(39)31-45)35-12-9-13-36(28-35)38-21-23-42-32-46(27-25-40(42)30-38)54-34-44-11-2-4-15-48(44)50-17-6-8-19-52(50)54/h1-34H. The average molecular weight is 683 g/mol. The van der Waals surface area contributed by atoms with Crippen molar-refractivity contribution in [1.82, 2.24) is 0 Å². The van der Waals surface area contributed by atoms with E-state index in [1.807, 2.05) is 0 Å². The third-order valence-electron chi connectivity index (χ3n) is 11.4. The highest BCUT2D eigenvalue weighted by Crippen LogP contribution is 2.39. The maximum atomic E-state index is 2.34. The van der Waals surface area contributed by atoms with Crippen molar-refractivity contribution in [3.8, 4) is 44.5 Å². The molecule has 0 heteroatoms. The molecule has 0 atom stereocenters. The normalized spacial score (nSPS) is 11.7. The lowest BCUT2D eigenvalue weighted by Crippen LogP contribution is -1.86. The second-order valence-corrected chi connectivity index (χ2v) is 14.5. The summed E-state index contributed by atoms with van der Waals surface area (Å²) in [6, 6.07) is 76.1. The van der Waals surface area contributed by atoms with Crippen molar-refractivity contribution in [2.45, 2.75) is 0 Å². The molecule has 0 saturated carbocycles. The Morgan fingerprint density at radius 3 is 0.944 bits per heavy atom. The van der Waals surface area contributed by atoms with Gasteiger partial charge in [-0.15, -0.1) is 0 Å². The lowest BCUT2D eigenvalue weighted by Gasteiger charge is -2.13. The molecule has 11 rings (SSSR count). The van der Waals surface area contributed by atoms with E-state index in [1.54, 1.807) is 0 Å². The van der Waals surface area contributed by atoms with E-state index in [2.05, 4.69) is 206 Å². The Labute approximate surface area is 314 Å². The summed E-state index contributed by atoms with van der Waals surface area (Å²) in [6.45, 7) is 0. The first-order chi connectivity index (χ1) is 26.7. The smallest absolute Gasteiger partial charge is 0.00988 e. The molecule has 0 unspecified atom stereocenters. The summed E-state index contributed by atoms with van der Waals surface area (Å²) >= 11 is 0. The van der Waals surface area contributed by atoms with Crippen LogP contribution in [0.2, 0.25) is 0 Å². The van der Waals surface area contributed by atoms with Crippen LogP contribution in [0.5, 0.6) is 0 Å². The molecule has 0 N–H and O–H groups in total. The summed E-state index contributed by atoms with van der Waals surface area (Å²) in [5.41, 5.74) is 9.92. The van der Waals surface area contributed by atoms with Gasteiger partial charge in [0.25, 0.3) is 0 Å². The van der Waals surface area contributed by atoms with E-state index in [9.17, 15) is 0 Å². The Hall–Kier alpha value is -7.02. The van der Waals surface area contributed by atoms with Gasteiger partial charge in [-0.2, -0.15) is 0 Å². The fraction of sp³-hybridized carbons (Fsp3) is 0. The van der Waals surface area contributed by atoms with E-state index in [0.29, 0.717) is 0 Å². The number of fused-ring (bicyclic) bond motifs is 8. The summed E-state index contributed by atoms with van der Waals surface area (Å²) in [5, 5.41) is 15.3. The van der Waals surface area contributed by atoms with Crippen LogP contribution in [0.4, 0.5) is 0 Å². The monoisotopic (exact) mass is 682 g/mol. The number of benzene rings is 11. The zero-order valence-corrected chi connectivity index (χ0v) is 29.6. The van der Waals surface area contributed by atoms with Gasteiger partial charge in [-0.05, 0) is 152 Å². The van der Waals surface area contributed by atoms with Crippen LogP contribution in [0, 0.1) is 0 Å². The van der Waals surface area contributed by atoms with E-state index in [-0.39, 0.29) is 0 Å². The van der Waals surface area contributed by atoms with Crippen LogP contribution < -0.4 is 0 Å². The molecule has 0 heterocycles. The highest BCUT2D eigenvalue weighted by molar-refractivity contribution is 6.15. The molecule has 54 heavy (non-hydrogen) atoms. The molecule has 0 amide bonds. The molecule has 0 aliphatic rings. The second kappa shape index (κ2) is 12.3. The molecular weight excluding hydrogens is 649 g/mol. The van der Waals surface area contributed by atoms with Gasteiger partial charge in [-0.1, -0.05) is 164 Å². The van der Waals surface area contributed by atoms with E-state index in [4.69, 9.17) is 0 Å². The van der Waals surface area contributed by atoms with Crippen molar-refractivity contribution in [3.05, 3.63) is 206 Å². The molecule has 0 spiro atoms. The summed E-state index contributed by atoms with van der Waals surface area (Å²) in [7, 11) is 0. The van der Waals surface area contributed by atoms with E-state index in [0.717, 1.165) is 0 Å². The molecule has 0 bridgehead atoms. The van der Waals surface area contributed by atoms with Crippen molar-refractivity contribution in [2.75, 3.05) is 0 Å². The lowest BCUT2D eigenvalue weighted by atomic mass is 9.91. The van der Waals surface area contributed by atoms with Crippen LogP contribution in [0.1, 0.15) is 0 Å². The first-order valence-corrected chi connectivity index (χ1v) is 18.7. The highest BCUT2D eigenvalue weighted by atomic mass is 14.2. The van der Waals surface area contributed by atoms with Gasteiger partial charge in [0, 0.05) is 0 Å². The molecule has 0 aliphatic heterocycles. The summed E-state index contributed by atoms with van der Waals surface area (Å²) in [4.78, 5) is 0. The van der Waals surface area contributed by atoms with Crippen LogP contribution in [0.15, 0.2) is 206 Å². The van der Waals surface area contributed by atoms with E-state index in [1.165, 1.54) is 109 Å². The maximum absolute atomic E-state index is 2.34. The zero-order valence-electron chi connectivity index (χ0n) is 29.6. The summed E-state index contributed by atoms with van der Waals surface area (Å²) in [5.74, 6) is 0. The predicted molar refractivity (Wildman–Crippen MR) is 233 cm³/mol. The lowest BCUT2D eigenvalue weighted by molar-refractivity contribution is 1.61. The van der Waals surface area contributed by atoms with Crippen LogP contribution >= 0.6 is 0 Å². The van der Waals surface area contributed by atoms with Crippen molar-refractivity contribution < 1.29 is 0 Å². The predicted octanol–water partition coefficient (Wildman–Crippen LogP) is 15.3. The van der Waals surface area contributed by atoms with Gasteiger partial charge in [-0.3, -0.25) is 0 Å². The molecule has 0 radical (unpaired) electrons. The number of hydrogen-bond acceptors (Lipinski definition) is 0.